The molecule has 2 saturated heterocycles. The Morgan fingerprint density at radius 1 is 0.794 bits per heavy atom. The van der Waals surface area contributed by atoms with Gasteiger partial charge in [-0.05, 0) is 48.4 Å². The fraction of sp³-hybridized carbons (Fsp3) is 0.286. The summed E-state index contributed by atoms with van der Waals surface area (Å²) in [6.07, 6.45) is 2.39. The number of unbranched alkanes of at least 4 members (excludes halogenated alkanes) is 2. The van der Waals surface area contributed by atoms with Crippen molar-refractivity contribution in [3.63, 3.8) is 0 Å². The van der Waals surface area contributed by atoms with Crippen molar-refractivity contribution < 1.29 is 19.2 Å². The lowest BCUT2D eigenvalue weighted by Crippen LogP contribution is -2.37. The van der Waals surface area contributed by atoms with Crippen molar-refractivity contribution in [2.24, 2.45) is 5.92 Å². The molecule has 174 valence electrons. The third-order valence-electron chi connectivity index (χ3n) is 6.38. The number of carbonyl (C=O) groups is 2. The van der Waals surface area contributed by atoms with Crippen LogP contribution in [0, 0.1) is 5.92 Å². The van der Waals surface area contributed by atoms with Crippen LogP contribution in [-0.2, 0) is 14.4 Å². The van der Waals surface area contributed by atoms with Crippen LogP contribution in [0.5, 0.6) is 5.75 Å². The van der Waals surface area contributed by atoms with Crippen LogP contribution in [0.3, 0.4) is 0 Å². The minimum atomic E-state index is -0.872. The highest BCUT2D eigenvalue weighted by Crippen LogP contribution is 2.47. The number of carbonyl (C=O) groups excluding carboxylic acids is 2. The molecule has 2 heterocycles. The van der Waals surface area contributed by atoms with Gasteiger partial charge in [-0.15, -0.1) is 0 Å². The summed E-state index contributed by atoms with van der Waals surface area (Å²) in [5.74, 6) is -0.502. The minimum Gasteiger partial charge on any atom is -0.494 e. The fourth-order valence-corrected chi connectivity index (χ4v) is 4.69. The standard InChI is InChI=1S/C28H28N2O4/c1-2-3-10-19-33-23-17-15-21(16-18-23)29-27(31)24-25(20-11-6-4-7-12-20)30(34-26(24)28(29)32)22-13-8-5-9-14-22/h4-9,11-18,24-26H,2-3,10,19H2,1H3/t24-,25-,26-/m1/s1. The predicted octanol–water partition coefficient (Wildman–Crippen LogP) is 5.31. The maximum atomic E-state index is 13.7. The molecule has 3 atom stereocenters. The zero-order chi connectivity index (χ0) is 23.5. The number of amides is 2. The quantitative estimate of drug-likeness (QED) is 0.340. The highest BCUT2D eigenvalue weighted by molar-refractivity contribution is 6.23. The number of para-hydroxylation sites is 1. The number of hydrogen-bond acceptors (Lipinski definition) is 5. The molecule has 3 aromatic rings. The van der Waals surface area contributed by atoms with E-state index in [0.717, 1.165) is 36.3 Å². The van der Waals surface area contributed by atoms with Gasteiger partial charge in [-0.25, -0.2) is 9.96 Å². The second-order valence-corrected chi connectivity index (χ2v) is 8.63. The molecular formula is C28H28N2O4. The first-order valence-corrected chi connectivity index (χ1v) is 11.9. The largest absolute Gasteiger partial charge is 0.494 e. The number of rotatable bonds is 8. The second kappa shape index (κ2) is 9.69. The van der Waals surface area contributed by atoms with Crippen molar-refractivity contribution in [3.05, 3.63) is 90.5 Å². The van der Waals surface area contributed by atoms with Crippen molar-refractivity contribution in [2.45, 2.75) is 38.3 Å². The van der Waals surface area contributed by atoms with Crippen LogP contribution >= 0.6 is 0 Å². The summed E-state index contributed by atoms with van der Waals surface area (Å²) >= 11 is 0. The SMILES string of the molecule is CCCCCOc1ccc(N2C(=O)[C@@H]3[C@@H](c4ccccc4)N(c4ccccc4)O[C@H]3C2=O)cc1. The van der Waals surface area contributed by atoms with Gasteiger partial charge in [0.25, 0.3) is 5.91 Å². The molecule has 0 radical (unpaired) electrons. The third kappa shape index (κ3) is 4.05. The van der Waals surface area contributed by atoms with Gasteiger partial charge >= 0.3 is 0 Å². The minimum absolute atomic E-state index is 0.251. The molecule has 2 amide bonds. The van der Waals surface area contributed by atoms with E-state index in [9.17, 15) is 9.59 Å². The van der Waals surface area contributed by atoms with Gasteiger partial charge in [0.05, 0.1) is 24.0 Å². The Morgan fingerprint density at radius 2 is 1.47 bits per heavy atom. The molecule has 34 heavy (non-hydrogen) atoms. The van der Waals surface area contributed by atoms with Gasteiger partial charge in [0, 0.05) is 0 Å². The molecule has 5 rings (SSSR count). The van der Waals surface area contributed by atoms with Crippen LogP contribution < -0.4 is 14.7 Å². The molecule has 6 heteroatoms. The zero-order valence-electron chi connectivity index (χ0n) is 19.2. The summed E-state index contributed by atoms with van der Waals surface area (Å²) in [6.45, 7) is 2.81. The molecule has 2 aliphatic heterocycles. The molecule has 0 unspecified atom stereocenters. The van der Waals surface area contributed by atoms with E-state index in [4.69, 9.17) is 9.57 Å². The van der Waals surface area contributed by atoms with Crippen LogP contribution in [0.4, 0.5) is 11.4 Å². The number of fused-ring (bicyclic) bond motifs is 1. The van der Waals surface area contributed by atoms with Crippen LogP contribution in [0.1, 0.15) is 37.8 Å². The van der Waals surface area contributed by atoms with Crippen LogP contribution in [0.25, 0.3) is 0 Å². The van der Waals surface area contributed by atoms with Crippen LogP contribution in [0.2, 0.25) is 0 Å². The van der Waals surface area contributed by atoms with E-state index >= 15 is 0 Å². The maximum absolute atomic E-state index is 13.7. The van der Waals surface area contributed by atoms with Crippen LogP contribution in [-0.4, -0.2) is 24.5 Å². The summed E-state index contributed by atoms with van der Waals surface area (Å²) in [7, 11) is 0. The van der Waals surface area contributed by atoms with E-state index < -0.39 is 18.1 Å². The van der Waals surface area contributed by atoms with E-state index in [0.29, 0.717) is 12.3 Å². The Morgan fingerprint density at radius 3 is 2.15 bits per heavy atom. The molecule has 0 spiro atoms. The van der Waals surface area contributed by atoms with E-state index in [2.05, 4.69) is 6.92 Å². The number of hydroxylamine groups is 1. The number of hydrogen-bond donors (Lipinski definition) is 0. The van der Waals surface area contributed by atoms with Crippen molar-refractivity contribution in [1.29, 1.82) is 0 Å². The first-order valence-electron chi connectivity index (χ1n) is 11.9. The number of ether oxygens (including phenoxy) is 1. The van der Waals surface area contributed by atoms with Gasteiger partial charge < -0.3 is 4.74 Å². The maximum Gasteiger partial charge on any atom is 0.266 e. The highest BCUT2D eigenvalue weighted by Gasteiger charge is 2.60. The van der Waals surface area contributed by atoms with Gasteiger partial charge in [-0.1, -0.05) is 68.3 Å². The molecular weight excluding hydrogens is 428 g/mol. The topological polar surface area (TPSA) is 59.1 Å². The van der Waals surface area contributed by atoms with Gasteiger partial charge in [0.1, 0.15) is 11.7 Å². The third-order valence-corrected chi connectivity index (χ3v) is 6.38. The molecule has 0 aliphatic carbocycles. The van der Waals surface area contributed by atoms with E-state index in [1.807, 2.05) is 72.8 Å². The molecule has 0 bridgehead atoms. The molecule has 2 aliphatic rings. The molecule has 0 aromatic heterocycles. The van der Waals surface area contributed by atoms with E-state index in [-0.39, 0.29) is 11.8 Å². The fourth-order valence-electron chi connectivity index (χ4n) is 4.69. The number of benzene rings is 3. The lowest BCUT2D eigenvalue weighted by atomic mass is 9.90. The summed E-state index contributed by atoms with van der Waals surface area (Å²) in [5, 5.41) is 1.71. The molecule has 2 fully saturated rings. The Hall–Kier alpha value is -3.64. The average Bonchev–Trinajstić information content (AvgIpc) is 3.39. The van der Waals surface area contributed by atoms with E-state index in [1.54, 1.807) is 17.2 Å². The first-order chi connectivity index (χ1) is 16.7. The zero-order valence-corrected chi connectivity index (χ0v) is 19.2. The second-order valence-electron chi connectivity index (χ2n) is 8.63. The number of imide groups is 1. The number of anilines is 2. The summed E-state index contributed by atoms with van der Waals surface area (Å²) < 4.78 is 5.77. The number of nitrogens with zero attached hydrogens (tertiary/aromatic N) is 2. The Labute approximate surface area is 199 Å². The molecule has 6 nitrogen and oxygen atoms in total. The van der Waals surface area contributed by atoms with Crippen molar-refractivity contribution in [2.75, 3.05) is 16.6 Å². The smallest absolute Gasteiger partial charge is 0.266 e. The molecule has 0 saturated carbocycles. The first kappa shape index (κ1) is 22.2. The van der Waals surface area contributed by atoms with Crippen molar-refractivity contribution >= 4 is 23.2 Å². The predicted molar refractivity (Wildman–Crippen MR) is 130 cm³/mol. The summed E-state index contributed by atoms with van der Waals surface area (Å²) in [6, 6.07) is 26.1. The lowest BCUT2D eigenvalue weighted by molar-refractivity contribution is -0.126. The average molecular weight is 457 g/mol. The van der Waals surface area contributed by atoms with Crippen molar-refractivity contribution in [3.8, 4) is 5.75 Å². The van der Waals surface area contributed by atoms with Gasteiger partial charge in [0.15, 0.2) is 6.10 Å². The highest BCUT2D eigenvalue weighted by atomic mass is 16.7. The Kier molecular flexibility index (Phi) is 6.32. The summed E-state index contributed by atoms with van der Waals surface area (Å²) in [5.41, 5.74) is 2.27. The van der Waals surface area contributed by atoms with Gasteiger partial charge in [0.2, 0.25) is 5.91 Å². The molecule has 0 N–H and O–H groups in total. The van der Waals surface area contributed by atoms with Gasteiger partial charge in [-0.2, -0.15) is 0 Å². The van der Waals surface area contributed by atoms with Crippen LogP contribution in [0.15, 0.2) is 84.9 Å². The van der Waals surface area contributed by atoms with Gasteiger partial charge in [-0.3, -0.25) is 14.4 Å². The summed E-state index contributed by atoms with van der Waals surface area (Å²) in [4.78, 5) is 34.5. The van der Waals surface area contributed by atoms with E-state index in [1.165, 1.54) is 4.90 Å². The monoisotopic (exact) mass is 456 g/mol. The molecule has 3 aromatic carbocycles. The Balaban J connectivity index is 1.41. The van der Waals surface area contributed by atoms with Crippen molar-refractivity contribution in [1.82, 2.24) is 0 Å². The lowest BCUT2D eigenvalue weighted by Gasteiger charge is -2.28. The normalized spacial score (nSPS) is 21.7. The Bertz CT molecular complexity index is 1130.